The molecular formula is C12H18ClFN2. The van der Waals surface area contributed by atoms with Crippen molar-refractivity contribution in [2.24, 2.45) is 0 Å². The van der Waals surface area contributed by atoms with Gasteiger partial charge in [-0.3, -0.25) is 0 Å². The van der Waals surface area contributed by atoms with Gasteiger partial charge in [-0.15, -0.1) is 0 Å². The van der Waals surface area contributed by atoms with Gasteiger partial charge in [0.15, 0.2) is 0 Å². The van der Waals surface area contributed by atoms with Crippen molar-refractivity contribution in [2.75, 3.05) is 17.7 Å². The summed E-state index contributed by atoms with van der Waals surface area (Å²) in [6.07, 6.45) is 2.03. The fourth-order valence-electron chi connectivity index (χ4n) is 1.89. The third kappa shape index (κ3) is 2.59. The van der Waals surface area contributed by atoms with Crippen LogP contribution in [-0.2, 0) is 0 Å². The van der Waals surface area contributed by atoms with Gasteiger partial charge in [-0.05, 0) is 18.9 Å². The minimum Gasteiger partial charge on any atom is -0.397 e. The number of nitrogen functional groups attached to an aromatic ring is 1. The highest BCUT2D eigenvalue weighted by atomic mass is 35.5. The molecule has 0 amide bonds. The van der Waals surface area contributed by atoms with Crippen molar-refractivity contribution >= 4 is 23.0 Å². The van der Waals surface area contributed by atoms with Crippen molar-refractivity contribution in [3.63, 3.8) is 0 Å². The summed E-state index contributed by atoms with van der Waals surface area (Å²) in [4.78, 5) is 2.06. The molecule has 0 aromatic heterocycles. The second-order valence-corrected chi connectivity index (χ2v) is 4.31. The Morgan fingerprint density at radius 1 is 1.38 bits per heavy atom. The lowest BCUT2D eigenvalue weighted by Gasteiger charge is -2.29. The Morgan fingerprint density at radius 3 is 2.44 bits per heavy atom. The lowest BCUT2D eigenvalue weighted by molar-refractivity contribution is 0.590. The second-order valence-electron chi connectivity index (χ2n) is 3.91. The SMILES string of the molecule is CCC(CC)N(C)c1cc(Cl)c(F)cc1N. The first-order valence-electron chi connectivity index (χ1n) is 5.48. The normalized spacial score (nSPS) is 10.9. The van der Waals surface area contributed by atoms with E-state index in [2.05, 4.69) is 18.7 Å². The fraction of sp³-hybridized carbons (Fsp3) is 0.500. The first kappa shape index (κ1) is 13.1. The molecule has 90 valence electrons. The molecule has 0 saturated carbocycles. The van der Waals surface area contributed by atoms with Crippen LogP contribution in [0.25, 0.3) is 0 Å². The third-order valence-electron chi connectivity index (χ3n) is 2.94. The molecule has 1 rings (SSSR count). The molecular weight excluding hydrogens is 227 g/mol. The zero-order valence-corrected chi connectivity index (χ0v) is 10.7. The van der Waals surface area contributed by atoms with Crippen LogP contribution in [0.2, 0.25) is 5.02 Å². The number of rotatable bonds is 4. The summed E-state index contributed by atoms with van der Waals surface area (Å²) < 4.78 is 13.2. The molecule has 0 atom stereocenters. The number of halogens is 2. The van der Waals surface area contributed by atoms with E-state index in [1.165, 1.54) is 6.07 Å². The predicted molar refractivity (Wildman–Crippen MR) is 68.6 cm³/mol. The highest BCUT2D eigenvalue weighted by molar-refractivity contribution is 6.31. The van der Waals surface area contributed by atoms with E-state index in [1.807, 2.05) is 7.05 Å². The van der Waals surface area contributed by atoms with E-state index >= 15 is 0 Å². The molecule has 0 fully saturated rings. The van der Waals surface area contributed by atoms with Crippen molar-refractivity contribution in [1.82, 2.24) is 0 Å². The van der Waals surface area contributed by atoms with Crippen LogP contribution < -0.4 is 10.6 Å². The van der Waals surface area contributed by atoms with E-state index in [9.17, 15) is 4.39 Å². The van der Waals surface area contributed by atoms with Crippen molar-refractivity contribution in [3.8, 4) is 0 Å². The summed E-state index contributed by atoms with van der Waals surface area (Å²) in [5, 5.41) is 0.113. The van der Waals surface area contributed by atoms with Gasteiger partial charge in [-0.1, -0.05) is 25.4 Å². The van der Waals surface area contributed by atoms with Gasteiger partial charge in [0, 0.05) is 19.2 Å². The van der Waals surface area contributed by atoms with E-state index in [0.29, 0.717) is 11.7 Å². The second kappa shape index (κ2) is 5.39. The van der Waals surface area contributed by atoms with Crippen molar-refractivity contribution in [2.45, 2.75) is 32.7 Å². The van der Waals surface area contributed by atoms with Gasteiger partial charge in [0.2, 0.25) is 0 Å². The maximum atomic E-state index is 13.2. The van der Waals surface area contributed by atoms with Gasteiger partial charge < -0.3 is 10.6 Å². The van der Waals surface area contributed by atoms with E-state index in [0.717, 1.165) is 18.5 Å². The number of anilines is 2. The zero-order valence-electron chi connectivity index (χ0n) is 9.93. The minimum atomic E-state index is -0.471. The standard InChI is InChI=1S/C12H18ClFN2/c1-4-8(5-2)16(3)12-6-9(13)10(14)7-11(12)15/h6-8H,4-5,15H2,1-3H3. The first-order valence-corrected chi connectivity index (χ1v) is 5.86. The Kier molecular flexibility index (Phi) is 4.42. The maximum absolute atomic E-state index is 13.2. The van der Waals surface area contributed by atoms with Gasteiger partial charge in [0.05, 0.1) is 16.4 Å². The molecule has 4 heteroatoms. The Balaban J connectivity index is 3.07. The summed E-state index contributed by atoms with van der Waals surface area (Å²) in [6, 6.07) is 3.25. The molecule has 0 aliphatic carbocycles. The van der Waals surface area contributed by atoms with Crippen molar-refractivity contribution in [3.05, 3.63) is 23.0 Å². The summed E-state index contributed by atoms with van der Waals surface area (Å²) in [5.41, 5.74) is 7.02. The minimum absolute atomic E-state index is 0.113. The van der Waals surface area contributed by atoms with Crippen LogP contribution in [0.3, 0.4) is 0 Å². The van der Waals surface area contributed by atoms with E-state index < -0.39 is 5.82 Å². The number of hydrogen-bond donors (Lipinski definition) is 1. The highest BCUT2D eigenvalue weighted by Gasteiger charge is 2.15. The van der Waals surface area contributed by atoms with Crippen molar-refractivity contribution in [1.29, 1.82) is 0 Å². The largest absolute Gasteiger partial charge is 0.397 e. The lowest BCUT2D eigenvalue weighted by Crippen LogP contribution is -2.31. The van der Waals surface area contributed by atoms with Crippen LogP contribution in [-0.4, -0.2) is 13.1 Å². The molecule has 1 aromatic rings. The van der Waals surface area contributed by atoms with Crippen LogP contribution >= 0.6 is 11.6 Å². The van der Waals surface area contributed by atoms with Crippen LogP contribution in [0.5, 0.6) is 0 Å². The van der Waals surface area contributed by atoms with E-state index in [1.54, 1.807) is 6.07 Å². The first-order chi connectivity index (χ1) is 7.51. The molecule has 0 saturated heterocycles. The van der Waals surface area contributed by atoms with Gasteiger partial charge >= 0.3 is 0 Å². The number of hydrogen-bond acceptors (Lipinski definition) is 2. The van der Waals surface area contributed by atoms with Gasteiger partial charge in [-0.25, -0.2) is 4.39 Å². The molecule has 0 bridgehead atoms. The van der Waals surface area contributed by atoms with E-state index in [-0.39, 0.29) is 5.02 Å². The molecule has 2 N–H and O–H groups in total. The fourth-order valence-corrected chi connectivity index (χ4v) is 2.05. The zero-order chi connectivity index (χ0) is 12.3. The van der Waals surface area contributed by atoms with Gasteiger partial charge in [0.1, 0.15) is 5.82 Å². The number of benzene rings is 1. The van der Waals surface area contributed by atoms with Gasteiger partial charge in [0.25, 0.3) is 0 Å². The Bertz CT molecular complexity index is 364. The van der Waals surface area contributed by atoms with Crippen LogP contribution in [0, 0.1) is 5.82 Å². The Labute approximate surface area is 101 Å². The molecule has 0 unspecified atom stereocenters. The molecule has 16 heavy (non-hydrogen) atoms. The van der Waals surface area contributed by atoms with E-state index in [4.69, 9.17) is 17.3 Å². The van der Waals surface area contributed by atoms with Crippen LogP contribution in [0.4, 0.5) is 15.8 Å². The molecule has 0 heterocycles. The van der Waals surface area contributed by atoms with Crippen LogP contribution in [0.1, 0.15) is 26.7 Å². The molecule has 0 aliphatic heterocycles. The maximum Gasteiger partial charge on any atom is 0.143 e. The average molecular weight is 245 g/mol. The number of nitrogens with zero attached hydrogens (tertiary/aromatic N) is 1. The highest BCUT2D eigenvalue weighted by Crippen LogP contribution is 2.30. The summed E-state index contributed by atoms with van der Waals surface area (Å²) in [6.45, 7) is 4.23. The molecule has 2 nitrogen and oxygen atoms in total. The lowest BCUT2D eigenvalue weighted by atomic mass is 10.1. The Hall–Kier alpha value is -0.960. The topological polar surface area (TPSA) is 29.3 Å². The molecule has 0 spiro atoms. The number of nitrogens with two attached hydrogens (primary N) is 1. The molecule has 1 aromatic carbocycles. The third-order valence-corrected chi connectivity index (χ3v) is 3.23. The molecule has 0 radical (unpaired) electrons. The Morgan fingerprint density at radius 2 is 1.94 bits per heavy atom. The van der Waals surface area contributed by atoms with Crippen LogP contribution in [0.15, 0.2) is 12.1 Å². The summed E-state index contributed by atoms with van der Waals surface area (Å²) >= 11 is 5.76. The predicted octanol–water partition coefficient (Wildman–Crippen LogP) is 3.69. The summed E-state index contributed by atoms with van der Waals surface area (Å²) in [7, 11) is 1.96. The monoisotopic (exact) mass is 244 g/mol. The summed E-state index contributed by atoms with van der Waals surface area (Å²) in [5.74, 6) is -0.471. The molecule has 0 aliphatic rings. The average Bonchev–Trinajstić information content (AvgIpc) is 2.25. The van der Waals surface area contributed by atoms with Gasteiger partial charge in [-0.2, -0.15) is 0 Å². The van der Waals surface area contributed by atoms with Crippen molar-refractivity contribution < 1.29 is 4.39 Å². The quantitative estimate of drug-likeness (QED) is 0.819. The smallest absolute Gasteiger partial charge is 0.143 e.